The van der Waals surface area contributed by atoms with Crippen molar-refractivity contribution in [1.82, 2.24) is 0 Å². The van der Waals surface area contributed by atoms with Crippen LogP contribution in [0.4, 0.5) is 0 Å². The maximum absolute atomic E-state index is 8.39. The smallest absolute Gasteiger partial charge is 0.104 e. The van der Waals surface area contributed by atoms with E-state index in [1.807, 2.05) is 0 Å². The van der Waals surface area contributed by atoms with Gasteiger partial charge in [0.2, 0.25) is 0 Å². The summed E-state index contributed by atoms with van der Waals surface area (Å²) in [6, 6.07) is 10.6. The Morgan fingerprint density at radius 1 is 0.679 bits per heavy atom. The molecule has 0 radical (unpaired) electrons. The minimum Gasteiger partial charge on any atom is -0.870 e. The fourth-order valence-electron chi connectivity index (χ4n) is 1.65. The van der Waals surface area contributed by atoms with Crippen LogP contribution in [0, 0.1) is 0 Å². The van der Waals surface area contributed by atoms with Crippen molar-refractivity contribution in [3.05, 3.63) is 35.9 Å². The lowest BCUT2D eigenvalue weighted by Crippen LogP contribution is -2.38. The first kappa shape index (κ1) is 37.7. The van der Waals surface area contributed by atoms with Crippen LogP contribution < -0.4 is 0 Å². The predicted octanol–water partition coefficient (Wildman–Crippen LogP) is 2.15. The van der Waals surface area contributed by atoms with Crippen molar-refractivity contribution in [2.75, 3.05) is 82.6 Å². The van der Waals surface area contributed by atoms with Crippen molar-refractivity contribution < 1.29 is 35.0 Å². The largest absolute Gasteiger partial charge is 0.870 e. The monoisotopic (exact) mass is 407 g/mol. The standard InChI is InChI=1S/C10H16N.C6H16N.C5H14NO.3H2O/c1-11(2,3)9-10-7-5-4-6-8-10;1-5-7(3,4)6-2;1-6(2,3)4-5-7;;;/h4-8H,9H2,1-3H3;5-6H2,1-4H3;7H,4-5H2,1-3H3;3*1H2/q3*+1;;;/p-3. The lowest BCUT2D eigenvalue weighted by Gasteiger charge is -2.25. The van der Waals surface area contributed by atoms with Gasteiger partial charge in [-0.05, 0) is 13.8 Å². The van der Waals surface area contributed by atoms with Crippen molar-refractivity contribution in [2.45, 2.75) is 20.4 Å². The maximum atomic E-state index is 8.39. The molecule has 0 aromatic heterocycles. The molecule has 0 spiro atoms. The average Bonchev–Trinajstić information content (AvgIpc) is 2.47. The maximum Gasteiger partial charge on any atom is 0.104 e. The molecule has 0 fully saturated rings. The van der Waals surface area contributed by atoms with Crippen molar-refractivity contribution in [1.29, 1.82) is 0 Å². The van der Waals surface area contributed by atoms with Gasteiger partial charge < -0.3 is 35.0 Å². The van der Waals surface area contributed by atoms with Gasteiger partial charge in [0.1, 0.15) is 13.1 Å². The lowest BCUT2D eigenvalue weighted by atomic mass is 10.2. The van der Waals surface area contributed by atoms with Gasteiger partial charge in [0.25, 0.3) is 0 Å². The second kappa shape index (κ2) is 18.0. The molecule has 0 saturated heterocycles. The van der Waals surface area contributed by atoms with Crippen molar-refractivity contribution in [3.63, 3.8) is 0 Å². The molecule has 0 heterocycles. The Balaban J connectivity index is -0.0000000934. The highest BCUT2D eigenvalue weighted by Crippen LogP contribution is 2.05. The topological polar surface area (TPSA) is 110 Å². The van der Waals surface area contributed by atoms with E-state index in [0.29, 0.717) is 0 Å². The number of hydrogen-bond acceptors (Lipinski definition) is 4. The van der Waals surface area contributed by atoms with E-state index in [-0.39, 0.29) is 23.0 Å². The quantitative estimate of drug-likeness (QED) is 0.728. The van der Waals surface area contributed by atoms with Gasteiger partial charge in [0.05, 0.1) is 76.1 Å². The van der Waals surface area contributed by atoms with Gasteiger partial charge in [-0.2, -0.15) is 0 Å². The molecular formula is C21H49N3O4. The molecule has 0 unspecified atom stereocenters. The van der Waals surface area contributed by atoms with Crippen LogP contribution in [0.1, 0.15) is 19.4 Å². The number of rotatable bonds is 6. The fourth-order valence-corrected chi connectivity index (χ4v) is 1.65. The number of hydrogen-bond donors (Lipinski definition) is 1. The molecule has 0 atom stereocenters. The molecule has 172 valence electrons. The molecule has 4 N–H and O–H groups in total. The molecular weight excluding hydrogens is 358 g/mol. The molecule has 0 amide bonds. The number of likely N-dealkylation sites (N-methyl/N-ethyl adjacent to an activating group) is 1. The Kier molecular flexibility index (Phi) is 24.2. The molecule has 0 aliphatic rings. The van der Waals surface area contributed by atoms with Gasteiger partial charge in [0, 0.05) is 5.56 Å². The van der Waals surface area contributed by atoms with Gasteiger partial charge in [-0.25, -0.2) is 0 Å². The Morgan fingerprint density at radius 2 is 1.07 bits per heavy atom. The normalized spacial score (nSPS) is 10.5. The number of aliphatic hydroxyl groups excluding tert-OH is 1. The van der Waals surface area contributed by atoms with Gasteiger partial charge in [-0.15, -0.1) is 0 Å². The summed E-state index contributed by atoms with van der Waals surface area (Å²) in [6.45, 7) is 9.10. The zero-order chi connectivity index (χ0) is 20.1. The Labute approximate surface area is 174 Å². The van der Waals surface area contributed by atoms with E-state index in [4.69, 9.17) is 5.11 Å². The molecule has 0 saturated carbocycles. The van der Waals surface area contributed by atoms with Crippen molar-refractivity contribution in [2.24, 2.45) is 0 Å². The summed E-state index contributed by atoms with van der Waals surface area (Å²) >= 11 is 0. The first-order valence-electron chi connectivity index (χ1n) is 9.34. The highest BCUT2D eigenvalue weighted by Gasteiger charge is 2.06. The third-order valence-electron chi connectivity index (χ3n) is 3.98. The third-order valence-corrected chi connectivity index (χ3v) is 3.98. The zero-order valence-electron chi connectivity index (χ0n) is 20.1. The molecule has 7 nitrogen and oxygen atoms in total. The summed E-state index contributed by atoms with van der Waals surface area (Å²) in [6.07, 6.45) is 0. The first-order valence-corrected chi connectivity index (χ1v) is 9.34. The molecule has 28 heavy (non-hydrogen) atoms. The van der Waals surface area contributed by atoms with Crippen LogP contribution in [-0.4, -0.2) is 118 Å². The van der Waals surface area contributed by atoms with E-state index in [2.05, 4.69) is 101 Å². The molecule has 1 rings (SSSR count). The second-order valence-corrected chi connectivity index (χ2v) is 9.24. The molecule has 1 aromatic carbocycles. The molecule has 7 heteroatoms. The average molecular weight is 408 g/mol. The predicted molar refractivity (Wildman–Crippen MR) is 117 cm³/mol. The van der Waals surface area contributed by atoms with E-state index < -0.39 is 0 Å². The number of benzene rings is 1. The van der Waals surface area contributed by atoms with E-state index in [1.54, 1.807) is 0 Å². The fraction of sp³-hybridized carbons (Fsp3) is 0.714. The van der Waals surface area contributed by atoms with Crippen molar-refractivity contribution in [3.8, 4) is 0 Å². The molecule has 1 aromatic rings. The number of nitrogens with zero attached hydrogens (tertiary/aromatic N) is 3. The van der Waals surface area contributed by atoms with Gasteiger partial charge in [-0.1, -0.05) is 30.3 Å². The van der Waals surface area contributed by atoms with Crippen LogP contribution in [0.15, 0.2) is 30.3 Å². The molecule has 0 aliphatic carbocycles. The van der Waals surface area contributed by atoms with Gasteiger partial charge in [-0.3, -0.25) is 0 Å². The van der Waals surface area contributed by atoms with Crippen LogP contribution in [0.2, 0.25) is 0 Å². The Bertz CT molecular complexity index is 422. The van der Waals surface area contributed by atoms with E-state index in [0.717, 1.165) is 26.5 Å². The number of quaternary nitrogens is 3. The summed E-state index contributed by atoms with van der Waals surface area (Å²) in [5, 5.41) is 8.39. The third kappa shape index (κ3) is 29.7. The van der Waals surface area contributed by atoms with Gasteiger partial charge >= 0.3 is 0 Å². The highest BCUT2D eigenvalue weighted by atomic mass is 16.3. The van der Waals surface area contributed by atoms with E-state index in [1.165, 1.54) is 18.7 Å². The van der Waals surface area contributed by atoms with E-state index >= 15 is 0 Å². The summed E-state index contributed by atoms with van der Waals surface area (Å²) in [5.74, 6) is 0. The lowest BCUT2D eigenvalue weighted by molar-refractivity contribution is -0.886. The minimum atomic E-state index is 0. The first-order chi connectivity index (χ1) is 11.3. The van der Waals surface area contributed by atoms with Crippen LogP contribution in [-0.2, 0) is 6.54 Å². The SMILES string of the molecule is CC[N+](C)(C)CC.C[N+](C)(C)CCO.C[N+](C)(C)Cc1ccccc1.[OH-].[OH-].[OH-]. The zero-order valence-corrected chi connectivity index (χ0v) is 20.1. The van der Waals surface area contributed by atoms with E-state index in [9.17, 15) is 0 Å². The second-order valence-electron chi connectivity index (χ2n) is 9.24. The van der Waals surface area contributed by atoms with Crippen LogP contribution >= 0.6 is 0 Å². The highest BCUT2D eigenvalue weighted by molar-refractivity contribution is 5.13. The van der Waals surface area contributed by atoms with Crippen molar-refractivity contribution >= 4 is 0 Å². The number of aliphatic hydroxyl groups is 1. The molecule has 0 aliphatic heterocycles. The van der Waals surface area contributed by atoms with Crippen LogP contribution in [0.25, 0.3) is 0 Å². The minimum absolute atomic E-state index is 0. The molecule has 0 bridgehead atoms. The summed E-state index contributed by atoms with van der Waals surface area (Å²) in [5.41, 5.74) is 1.40. The summed E-state index contributed by atoms with van der Waals surface area (Å²) < 4.78 is 2.97. The van der Waals surface area contributed by atoms with Crippen LogP contribution in [0.3, 0.4) is 0 Å². The van der Waals surface area contributed by atoms with Crippen LogP contribution in [0.5, 0.6) is 0 Å². The Hall–Kier alpha value is -1.06. The summed E-state index contributed by atoms with van der Waals surface area (Å²) in [4.78, 5) is 0. The Morgan fingerprint density at radius 3 is 1.25 bits per heavy atom. The van der Waals surface area contributed by atoms with Gasteiger partial charge in [0.15, 0.2) is 0 Å². The summed E-state index contributed by atoms with van der Waals surface area (Å²) in [7, 11) is 17.2.